The van der Waals surface area contributed by atoms with Gasteiger partial charge in [0.15, 0.2) is 0 Å². The van der Waals surface area contributed by atoms with Crippen LogP contribution in [0, 0.1) is 0 Å². The minimum atomic E-state index is 0.366. The fourth-order valence-corrected chi connectivity index (χ4v) is 0.463. The number of aldehydes is 2. The fourth-order valence-electron chi connectivity index (χ4n) is 0.463. The van der Waals surface area contributed by atoms with E-state index < -0.39 is 0 Å². The van der Waals surface area contributed by atoms with Gasteiger partial charge in [-0.25, -0.2) is 0 Å². The second kappa shape index (κ2) is 5.95. The smallest absolute Gasteiger partial charge is 0.149 e. The van der Waals surface area contributed by atoms with Crippen molar-refractivity contribution in [2.24, 2.45) is 0 Å². The molecule has 0 bridgehead atoms. The van der Waals surface area contributed by atoms with Gasteiger partial charge in [-0.05, 0) is 6.92 Å². The average molecular weight is 138 g/mol. The highest BCUT2D eigenvalue weighted by Gasteiger charge is 1.82. The van der Waals surface area contributed by atoms with Crippen LogP contribution in [0.3, 0.4) is 0 Å². The third kappa shape index (κ3) is 3.78. The summed E-state index contributed by atoms with van der Waals surface area (Å²) < 4.78 is 0. The monoisotopic (exact) mass is 138 g/mol. The molecule has 0 atom stereocenters. The molecule has 0 spiro atoms. The lowest BCUT2D eigenvalue weighted by atomic mass is 10.2. The summed E-state index contributed by atoms with van der Waals surface area (Å²) in [6, 6.07) is 0. The summed E-state index contributed by atoms with van der Waals surface area (Å²) in [6.45, 7) is 1.77. The Kier molecular flexibility index (Phi) is 5.25. The number of carbonyl (C=O) groups excluding carboxylic acids is 2. The molecular formula is C8H10O2. The first-order valence-corrected chi connectivity index (χ1v) is 3.06. The minimum Gasteiger partial charge on any atom is -0.303 e. The Morgan fingerprint density at radius 1 is 1.40 bits per heavy atom. The largest absolute Gasteiger partial charge is 0.303 e. The van der Waals surface area contributed by atoms with Gasteiger partial charge in [0.1, 0.15) is 12.6 Å². The van der Waals surface area contributed by atoms with Gasteiger partial charge >= 0.3 is 0 Å². The summed E-state index contributed by atoms with van der Waals surface area (Å²) in [5.74, 6) is 0. The molecule has 0 aromatic rings. The van der Waals surface area contributed by atoms with E-state index in [1.165, 1.54) is 0 Å². The van der Waals surface area contributed by atoms with Crippen LogP contribution in [-0.4, -0.2) is 12.6 Å². The average Bonchev–Trinajstić information content (AvgIpc) is 1.99. The Labute approximate surface area is 60.2 Å². The van der Waals surface area contributed by atoms with Crippen LogP contribution in [0.1, 0.15) is 13.3 Å². The molecule has 0 amide bonds. The molecule has 0 N–H and O–H groups in total. The van der Waals surface area contributed by atoms with Crippen molar-refractivity contribution in [2.45, 2.75) is 13.3 Å². The van der Waals surface area contributed by atoms with E-state index in [4.69, 9.17) is 0 Å². The van der Waals surface area contributed by atoms with Crippen molar-refractivity contribution in [3.63, 3.8) is 0 Å². The maximum Gasteiger partial charge on any atom is 0.149 e. The van der Waals surface area contributed by atoms with E-state index in [1.54, 1.807) is 25.2 Å². The Hall–Kier alpha value is -1.18. The zero-order valence-electron chi connectivity index (χ0n) is 5.91. The van der Waals surface area contributed by atoms with Crippen LogP contribution in [0.25, 0.3) is 0 Å². The van der Waals surface area contributed by atoms with Crippen LogP contribution >= 0.6 is 0 Å². The number of allylic oxidation sites excluding steroid dienone is 4. The van der Waals surface area contributed by atoms with Gasteiger partial charge in [0, 0.05) is 12.0 Å². The van der Waals surface area contributed by atoms with Gasteiger partial charge in [0.25, 0.3) is 0 Å². The third-order valence-electron chi connectivity index (χ3n) is 1.01. The molecule has 0 aliphatic rings. The zero-order valence-corrected chi connectivity index (χ0v) is 5.91. The number of rotatable bonds is 4. The van der Waals surface area contributed by atoms with Gasteiger partial charge in [-0.1, -0.05) is 18.2 Å². The highest BCUT2D eigenvalue weighted by Crippen LogP contribution is 1.91. The van der Waals surface area contributed by atoms with Crippen LogP contribution in [0.5, 0.6) is 0 Å². The zero-order chi connectivity index (χ0) is 7.82. The van der Waals surface area contributed by atoms with E-state index in [0.29, 0.717) is 12.0 Å². The van der Waals surface area contributed by atoms with Crippen LogP contribution in [0.15, 0.2) is 23.8 Å². The summed E-state index contributed by atoms with van der Waals surface area (Å²) in [6.07, 6.45) is 6.87. The summed E-state index contributed by atoms with van der Waals surface area (Å²) in [4.78, 5) is 19.9. The molecule has 0 aliphatic heterocycles. The highest BCUT2D eigenvalue weighted by molar-refractivity contribution is 5.77. The van der Waals surface area contributed by atoms with E-state index in [0.717, 1.165) is 12.6 Å². The Morgan fingerprint density at radius 2 is 2.10 bits per heavy atom. The molecule has 0 unspecified atom stereocenters. The van der Waals surface area contributed by atoms with E-state index in [2.05, 4.69) is 0 Å². The first kappa shape index (κ1) is 8.82. The second-order valence-corrected chi connectivity index (χ2v) is 1.71. The van der Waals surface area contributed by atoms with E-state index >= 15 is 0 Å². The van der Waals surface area contributed by atoms with Gasteiger partial charge in [0.05, 0.1) is 0 Å². The van der Waals surface area contributed by atoms with Crippen molar-refractivity contribution in [1.29, 1.82) is 0 Å². The molecule has 2 nitrogen and oxygen atoms in total. The molecule has 0 heterocycles. The van der Waals surface area contributed by atoms with Gasteiger partial charge in [-0.15, -0.1) is 0 Å². The summed E-state index contributed by atoms with van der Waals surface area (Å²) >= 11 is 0. The molecule has 2 heteroatoms. The molecule has 54 valence electrons. The van der Waals surface area contributed by atoms with Gasteiger partial charge < -0.3 is 4.79 Å². The number of hydrogen-bond acceptors (Lipinski definition) is 2. The Balaban J connectivity index is 3.84. The van der Waals surface area contributed by atoms with Crippen LogP contribution in [0.4, 0.5) is 0 Å². The summed E-state index contributed by atoms with van der Waals surface area (Å²) in [5, 5.41) is 0. The van der Waals surface area contributed by atoms with E-state index in [-0.39, 0.29) is 0 Å². The lowest BCUT2D eigenvalue weighted by molar-refractivity contribution is -0.107. The van der Waals surface area contributed by atoms with Crippen molar-refractivity contribution in [2.75, 3.05) is 0 Å². The predicted octanol–water partition coefficient (Wildman–Crippen LogP) is 1.28. The third-order valence-corrected chi connectivity index (χ3v) is 1.01. The van der Waals surface area contributed by atoms with Crippen molar-refractivity contribution >= 4 is 12.6 Å². The maximum absolute atomic E-state index is 10.1. The number of hydrogen-bond donors (Lipinski definition) is 0. The SMILES string of the molecule is CC=C(C=O)C=CCC=O. The first-order valence-electron chi connectivity index (χ1n) is 3.06. The van der Waals surface area contributed by atoms with Gasteiger partial charge in [0.2, 0.25) is 0 Å². The lowest BCUT2D eigenvalue weighted by Crippen LogP contribution is -1.76. The van der Waals surface area contributed by atoms with Gasteiger partial charge in [-0.3, -0.25) is 4.79 Å². The molecule has 0 saturated carbocycles. The molecule has 0 saturated heterocycles. The maximum atomic E-state index is 10.1. The standard InChI is InChI=1S/C8H10O2/c1-2-8(7-10)5-3-4-6-9/h2-3,5-7H,4H2,1H3. The van der Waals surface area contributed by atoms with Crippen LogP contribution < -0.4 is 0 Å². The Bertz CT molecular complexity index is 166. The van der Waals surface area contributed by atoms with Crippen LogP contribution in [0.2, 0.25) is 0 Å². The molecule has 0 radical (unpaired) electrons. The molecule has 0 aliphatic carbocycles. The molecule has 0 aromatic heterocycles. The quantitative estimate of drug-likeness (QED) is 0.333. The summed E-state index contributed by atoms with van der Waals surface area (Å²) in [7, 11) is 0. The van der Waals surface area contributed by atoms with Crippen molar-refractivity contribution in [3.8, 4) is 0 Å². The van der Waals surface area contributed by atoms with Crippen molar-refractivity contribution in [3.05, 3.63) is 23.8 Å². The lowest BCUT2D eigenvalue weighted by Gasteiger charge is -1.83. The molecule has 0 aromatic carbocycles. The topological polar surface area (TPSA) is 34.1 Å². The molecule has 0 fully saturated rings. The normalized spacial score (nSPS) is 11.9. The Morgan fingerprint density at radius 3 is 2.50 bits per heavy atom. The predicted molar refractivity (Wildman–Crippen MR) is 39.6 cm³/mol. The van der Waals surface area contributed by atoms with E-state index in [1.807, 2.05) is 0 Å². The van der Waals surface area contributed by atoms with Gasteiger partial charge in [-0.2, -0.15) is 0 Å². The summed E-state index contributed by atoms with van der Waals surface area (Å²) in [5.41, 5.74) is 0.599. The van der Waals surface area contributed by atoms with Crippen molar-refractivity contribution in [1.82, 2.24) is 0 Å². The molecule has 0 rings (SSSR count). The number of carbonyl (C=O) groups is 2. The first-order chi connectivity index (χ1) is 4.85. The van der Waals surface area contributed by atoms with Crippen molar-refractivity contribution < 1.29 is 9.59 Å². The highest BCUT2D eigenvalue weighted by atomic mass is 16.1. The minimum absolute atomic E-state index is 0.366. The second-order valence-electron chi connectivity index (χ2n) is 1.71. The van der Waals surface area contributed by atoms with Crippen LogP contribution in [-0.2, 0) is 9.59 Å². The molecular weight excluding hydrogens is 128 g/mol. The molecule has 10 heavy (non-hydrogen) atoms. The van der Waals surface area contributed by atoms with E-state index in [9.17, 15) is 9.59 Å². The fraction of sp³-hybridized carbons (Fsp3) is 0.250.